The number of methoxy groups -OCH3 is 1. The highest BCUT2D eigenvalue weighted by Crippen LogP contribution is 2.28. The zero-order chi connectivity index (χ0) is 15.2. The number of halogens is 1. The molecule has 2 rings (SSSR count). The molecule has 0 aliphatic heterocycles. The van der Waals surface area contributed by atoms with E-state index in [1.165, 1.54) is 0 Å². The van der Waals surface area contributed by atoms with E-state index in [0.29, 0.717) is 5.88 Å². The number of nitrogens with one attached hydrogen (secondary N) is 1. The summed E-state index contributed by atoms with van der Waals surface area (Å²) in [5, 5.41) is 4.21. The lowest BCUT2D eigenvalue weighted by Crippen LogP contribution is -2.25. The lowest BCUT2D eigenvalue weighted by atomic mass is 10.0. The Morgan fingerprint density at radius 2 is 2.00 bits per heavy atom. The normalized spacial score (nSPS) is 12.2. The van der Waals surface area contributed by atoms with Gasteiger partial charge in [0.15, 0.2) is 0 Å². The second kappa shape index (κ2) is 7.38. The van der Waals surface area contributed by atoms with E-state index in [1.807, 2.05) is 19.1 Å². The van der Waals surface area contributed by atoms with Crippen LogP contribution in [0.5, 0.6) is 5.88 Å². The standard InChI is InChI=1S/C16H20ClN3O/c1-4-5-18-14(12-8-11(2)9-13(17)10-12)15-16(21-3)20-7-6-19-15/h6-10,14,18H,4-5H2,1-3H3. The van der Waals surface area contributed by atoms with E-state index in [0.717, 1.165) is 34.8 Å². The van der Waals surface area contributed by atoms with Crippen molar-refractivity contribution in [1.29, 1.82) is 0 Å². The summed E-state index contributed by atoms with van der Waals surface area (Å²) in [5.74, 6) is 0.531. The van der Waals surface area contributed by atoms with E-state index in [2.05, 4.69) is 28.3 Å². The highest BCUT2D eigenvalue weighted by molar-refractivity contribution is 6.30. The molecule has 112 valence electrons. The summed E-state index contributed by atoms with van der Waals surface area (Å²) >= 11 is 6.19. The van der Waals surface area contributed by atoms with E-state index in [-0.39, 0.29) is 6.04 Å². The van der Waals surface area contributed by atoms with Crippen LogP contribution in [0, 0.1) is 6.92 Å². The summed E-state index contributed by atoms with van der Waals surface area (Å²) in [5.41, 5.74) is 2.95. The minimum absolute atomic E-state index is 0.0917. The largest absolute Gasteiger partial charge is 0.480 e. The number of hydrogen-bond acceptors (Lipinski definition) is 4. The molecule has 0 saturated carbocycles. The molecule has 4 nitrogen and oxygen atoms in total. The molecule has 21 heavy (non-hydrogen) atoms. The van der Waals surface area contributed by atoms with E-state index < -0.39 is 0 Å². The van der Waals surface area contributed by atoms with Crippen LogP contribution in [0.3, 0.4) is 0 Å². The maximum Gasteiger partial charge on any atom is 0.237 e. The monoisotopic (exact) mass is 305 g/mol. The van der Waals surface area contributed by atoms with Crippen LogP contribution in [0.1, 0.15) is 36.2 Å². The Kier molecular flexibility index (Phi) is 5.53. The predicted octanol–water partition coefficient (Wildman–Crippen LogP) is 3.54. The Bertz CT molecular complexity index is 584. The van der Waals surface area contributed by atoms with E-state index >= 15 is 0 Å². The molecule has 1 aromatic carbocycles. The molecule has 0 radical (unpaired) electrons. The van der Waals surface area contributed by atoms with Crippen LogP contribution < -0.4 is 10.1 Å². The first-order valence-electron chi connectivity index (χ1n) is 7.01. The molecule has 1 aromatic heterocycles. The molecular weight excluding hydrogens is 286 g/mol. The summed E-state index contributed by atoms with van der Waals surface area (Å²) < 4.78 is 5.34. The second-order valence-corrected chi connectivity index (χ2v) is 5.34. The minimum atomic E-state index is -0.0917. The second-order valence-electron chi connectivity index (χ2n) is 4.90. The molecular formula is C16H20ClN3O. The van der Waals surface area contributed by atoms with Crippen molar-refractivity contribution in [2.75, 3.05) is 13.7 Å². The molecule has 1 heterocycles. The van der Waals surface area contributed by atoms with Gasteiger partial charge < -0.3 is 10.1 Å². The number of hydrogen-bond donors (Lipinski definition) is 1. The van der Waals surface area contributed by atoms with Gasteiger partial charge in [0.1, 0.15) is 5.69 Å². The molecule has 0 saturated heterocycles. The van der Waals surface area contributed by atoms with Crippen molar-refractivity contribution in [3.63, 3.8) is 0 Å². The Morgan fingerprint density at radius 1 is 1.24 bits per heavy atom. The fourth-order valence-corrected chi connectivity index (χ4v) is 2.58. The lowest BCUT2D eigenvalue weighted by Gasteiger charge is -2.20. The minimum Gasteiger partial charge on any atom is -0.480 e. The molecule has 5 heteroatoms. The molecule has 0 fully saturated rings. The van der Waals surface area contributed by atoms with Crippen LogP contribution in [-0.2, 0) is 0 Å². The maximum atomic E-state index is 6.19. The van der Waals surface area contributed by atoms with Gasteiger partial charge in [-0.25, -0.2) is 4.98 Å². The van der Waals surface area contributed by atoms with Crippen LogP contribution in [0.25, 0.3) is 0 Å². The van der Waals surface area contributed by atoms with Gasteiger partial charge in [0.25, 0.3) is 0 Å². The van der Waals surface area contributed by atoms with Crippen molar-refractivity contribution in [1.82, 2.24) is 15.3 Å². The third kappa shape index (κ3) is 3.93. The van der Waals surface area contributed by atoms with E-state index in [1.54, 1.807) is 19.5 Å². The average molecular weight is 306 g/mol. The molecule has 1 unspecified atom stereocenters. The van der Waals surface area contributed by atoms with Crippen molar-refractivity contribution >= 4 is 11.6 Å². The summed E-state index contributed by atoms with van der Waals surface area (Å²) in [7, 11) is 1.60. The average Bonchev–Trinajstić information content (AvgIpc) is 2.47. The van der Waals surface area contributed by atoms with Crippen LogP contribution in [0.4, 0.5) is 0 Å². The molecule has 0 spiro atoms. The SMILES string of the molecule is CCCNC(c1cc(C)cc(Cl)c1)c1nccnc1OC. The Labute approximate surface area is 130 Å². The van der Waals surface area contributed by atoms with Gasteiger partial charge in [-0.3, -0.25) is 4.98 Å². The number of nitrogens with zero attached hydrogens (tertiary/aromatic N) is 2. The third-order valence-electron chi connectivity index (χ3n) is 3.15. The molecule has 0 amide bonds. The number of aryl methyl sites for hydroxylation is 1. The van der Waals surface area contributed by atoms with Crippen LogP contribution in [0.15, 0.2) is 30.6 Å². The molecule has 0 aliphatic rings. The first-order chi connectivity index (χ1) is 10.2. The van der Waals surface area contributed by atoms with Gasteiger partial charge in [-0.15, -0.1) is 0 Å². The molecule has 2 aromatic rings. The zero-order valence-electron chi connectivity index (χ0n) is 12.6. The van der Waals surface area contributed by atoms with Crippen molar-refractivity contribution in [3.05, 3.63) is 52.4 Å². The van der Waals surface area contributed by atoms with Gasteiger partial charge in [-0.2, -0.15) is 0 Å². The maximum absolute atomic E-state index is 6.19. The summed E-state index contributed by atoms with van der Waals surface area (Å²) in [6, 6.07) is 5.91. The fraction of sp³-hybridized carbons (Fsp3) is 0.375. The van der Waals surface area contributed by atoms with Crippen molar-refractivity contribution < 1.29 is 4.74 Å². The smallest absolute Gasteiger partial charge is 0.237 e. The first-order valence-corrected chi connectivity index (χ1v) is 7.39. The lowest BCUT2D eigenvalue weighted by molar-refractivity contribution is 0.382. The fourth-order valence-electron chi connectivity index (χ4n) is 2.28. The molecule has 1 atom stereocenters. The van der Waals surface area contributed by atoms with Crippen LogP contribution >= 0.6 is 11.6 Å². The highest BCUT2D eigenvalue weighted by atomic mass is 35.5. The van der Waals surface area contributed by atoms with Crippen molar-refractivity contribution in [2.24, 2.45) is 0 Å². The van der Waals surface area contributed by atoms with Gasteiger partial charge >= 0.3 is 0 Å². The zero-order valence-corrected chi connectivity index (χ0v) is 13.3. The molecule has 1 N–H and O–H groups in total. The molecule has 0 bridgehead atoms. The Hall–Kier alpha value is -1.65. The summed E-state index contributed by atoms with van der Waals surface area (Å²) in [4.78, 5) is 8.68. The highest BCUT2D eigenvalue weighted by Gasteiger charge is 2.20. The topological polar surface area (TPSA) is 47.0 Å². The van der Waals surface area contributed by atoms with Crippen molar-refractivity contribution in [2.45, 2.75) is 26.3 Å². The van der Waals surface area contributed by atoms with Gasteiger partial charge in [-0.05, 0) is 43.1 Å². The molecule has 0 aliphatic carbocycles. The predicted molar refractivity (Wildman–Crippen MR) is 84.9 cm³/mol. The van der Waals surface area contributed by atoms with Crippen LogP contribution in [-0.4, -0.2) is 23.6 Å². The van der Waals surface area contributed by atoms with Gasteiger partial charge in [0, 0.05) is 17.4 Å². The number of benzene rings is 1. The first kappa shape index (κ1) is 15.7. The van der Waals surface area contributed by atoms with Gasteiger partial charge in [-0.1, -0.05) is 24.6 Å². The van der Waals surface area contributed by atoms with Gasteiger partial charge in [0.05, 0.1) is 13.2 Å². The van der Waals surface area contributed by atoms with Crippen LogP contribution in [0.2, 0.25) is 5.02 Å². The van der Waals surface area contributed by atoms with Crippen molar-refractivity contribution in [3.8, 4) is 5.88 Å². The Morgan fingerprint density at radius 3 is 2.67 bits per heavy atom. The quantitative estimate of drug-likeness (QED) is 0.887. The third-order valence-corrected chi connectivity index (χ3v) is 3.37. The summed E-state index contributed by atoms with van der Waals surface area (Å²) in [6.07, 6.45) is 4.33. The summed E-state index contributed by atoms with van der Waals surface area (Å²) in [6.45, 7) is 5.03. The Balaban J connectivity index is 2.46. The van der Waals surface area contributed by atoms with E-state index in [9.17, 15) is 0 Å². The van der Waals surface area contributed by atoms with Gasteiger partial charge in [0.2, 0.25) is 5.88 Å². The number of aromatic nitrogens is 2. The number of ether oxygens (including phenoxy) is 1. The number of rotatable bonds is 6. The van der Waals surface area contributed by atoms with E-state index in [4.69, 9.17) is 16.3 Å².